The molecule has 100 valence electrons. The van der Waals surface area contributed by atoms with E-state index < -0.39 is 10.0 Å². The predicted octanol–water partition coefficient (Wildman–Crippen LogP) is 2.54. The topological polar surface area (TPSA) is 85.1 Å². The van der Waals surface area contributed by atoms with Gasteiger partial charge in [-0.05, 0) is 52.7 Å². The van der Waals surface area contributed by atoms with E-state index in [0.717, 1.165) is 5.56 Å². The molecule has 0 aliphatic rings. The SMILES string of the molecule is Cc1ccncc1NS(=O)(=O)c1ccc(Br)c(N)c1. The van der Waals surface area contributed by atoms with Gasteiger partial charge in [-0.1, -0.05) is 0 Å². The number of nitrogens with zero attached hydrogens (tertiary/aromatic N) is 1. The van der Waals surface area contributed by atoms with Gasteiger partial charge in [-0.15, -0.1) is 0 Å². The molecule has 0 fully saturated rings. The third-order valence-electron chi connectivity index (χ3n) is 2.56. The molecular formula is C12H12BrN3O2S. The van der Waals surface area contributed by atoms with Crippen LogP contribution in [0.1, 0.15) is 5.56 Å². The lowest BCUT2D eigenvalue weighted by atomic mass is 10.3. The van der Waals surface area contributed by atoms with Gasteiger partial charge in [0.25, 0.3) is 10.0 Å². The first-order chi connectivity index (χ1) is 8.90. The van der Waals surface area contributed by atoms with Crippen molar-refractivity contribution < 1.29 is 8.42 Å². The minimum Gasteiger partial charge on any atom is -0.398 e. The van der Waals surface area contributed by atoms with Crippen LogP contribution >= 0.6 is 15.9 Å². The number of sulfonamides is 1. The molecule has 3 N–H and O–H groups in total. The summed E-state index contributed by atoms with van der Waals surface area (Å²) in [6.07, 6.45) is 3.07. The van der Waals surface area contributed by atoms with Crippen molar-refractivity contribution in [1.29, 1.82) is 0 Å². The predicted molar refractivity (Wildman–Crippen MR) is 78.3 cm³/mol. The molecule has 0 unspecified atom stereocenters. The molecule has 5 nitrogen and oxygen atoms in total. The third kappa shape index (κ3) is 3.05. The van der Waals surface area contributed by atoms with Gasteiger partial charge in [-0.25, -0.2) is 8.42 Å². The number of benzene rings is 1. The number of nitrogen functional groups attached to an aromatic ring is 1. The van der Waals surface area contributed by atoms with Crippen molar-refractivity contribution >= 4 is 37.3 Å². The highest BCUT2D eigenvalue weighted by Crippen LogP contribution is 2.24. The fourth-order valence-electron chi connectivity index (χ4n) is 1.46. The summed E-state index contributed by atoms with van der Waals surface area (Å²) < 4.78 is 27.6. The summed E-state index contributed by atoms with van der Waals surface area (Å²) in [4.78, 5) is 4.00. The van der Waals surface area contributed by atoms with Crippen molar-refractivity contribution in [3.05, 3.63) is 46.7 Å². The van der Waals surface area contributed by atoms with Crippen molar-refractivity contribution in [2.75, 3.05) is 10.5 Å². The van der Waals surface area contributed by atoms with E-state index in [1.54, 1.807) is 25.3 Å². The molecule has 0 saturated heterocycles. The Morgan fingerprint density at radius 1 is 1.32 bits per heavy atom. The minimum absolute atomic E-state index is 0.108. The molecule has 0 atom stereocenters. The molecule has 1 aromatic heterocycles. The highest BCUT2D eigenvalue weighted by molar-refractivity contribution is 9.10. The number of anilines is 2. The Kier molecular flexibility index (Phi) is 3.77. The normalized spacial score (nSPS) is 11.3. The van der Waals surface area contributed by atoms with Crippen LogP contribution in [0.15, 0.2) is 46.0 Å². The molecule has 0 aliphatic carbocycles. The molecule has 19 heavy (non-hydrogen) atoms. The average molecular weight is 342 g/mol. The zero-order chi connectivity index (χ0) is 14.0. The van der Waals surface area contributed by atoms with Gasteiger partial charge in [0, 0.05) is 16.4 Å². The van der Waals surface area contributed by atoms with Crippen molar-refractivity contribution in [1.82, 2.24) is 4.98 Å². The molecule has 2 aromatic rings. The first-order valence-electron chi connectivity index (χ1n) is 5.38. The Bertz CT molecular complexity index is 717. The summed E-state index contributed by atoms with van der Waals surface area (Å²) in [6, 6.07) is 6.21. The number of pyridine rings is 1. The molecular weight excluding hydrogens is 330 g/mol. The molecule has 7 heteroatoms. The van der Waals surface area contributed by atoms with Crippen LogP contribution in [0.3, 0.4) is 0 Å². The Morgan fingerprint density at radius 3 is 2.68 bits per heavy atom. The van der Waals surface area contributed by atoms with E-state index in [1.807, 2.05) is 0 Å². The summed E-state index contributed by atoms with van der Waals surface area (Å²) in [6.45, 7) is 1.80. The van der Waals surface area contributed by atoms with Crippen molar-refractivity contribution in [2.24, 2.45) is 0 Å². The van der Waals surface area contributed by atoms with E-state index in [2.05, 4.69) is 25.6 Å². The number of halogens is 1. The van der Waals surface area contributed by atoms with Crippen LogP contribution in [0.4, 0.5) is 11.4 Å². The van der Waals surface area contributed by atoms with Crippen LogP contribution in [0.5, 0.6) is 0 Å². The fourth-order valence-corrected chi connectivity index (χ4v) is 2.86. The van der Waals surface area contributed by atoms with Crippen LogP contribution in [0.25, 0.3) is 0 Å². The average Bonchev–Trinajstić information content (AvgIpc) is 2.35. The van der Waals surface area contributed by atoms with Crippen LogP contribution in [-0.2, 0) is 10.0 Å². The molecule has 0 spiro atoms. The monoisotopic (exact) mass is 341 g/mol. The van der Waals surface area contributed by atoms with Crippen molar-refractivity contribution in [3.8, 4) is 0 Å². The number of hydrogen-bond donors (Lipinski definition) is 2. The van der Waals surface area contributed by atoms with Crippen LogP contribution in [0.2, 0.25) is 0 Å². The quantitative estimate of drug-likeness (QED) is 0.840. The van der Waals surface area contributed by atoms with Gasteiger partial charge in [0.15, 0.2) is 0 Å². The van der Waals surface area contributed by atoms with E-state index in [4.69, 9.17) is 5.73 Å². The standard InChI is InChI=1S/C12H12BrN3O2S/c1-8-4-5-15-7-12(8)16-19(17,18)9-2-3-10(13)11(14)6-9/h2-7,16H,14H2,1H3. The number of aromatic nitrogens is 1. The Balaban J connectivity index is 2.38. The summed E-state index contributed by atoms with van der Waals surface area (Å²) >= 11 is 3.22. The second-order valence-electron chi connectivity index (χ2n) is 3.98. The number of nitrogens with two attached hydrogens (primary N) is 1. The van der Waals surface area contributed by atoms with Gasteiger partial charge in [0.2, 0.25) is 0 Å². The Morgan fingerprint density at radius 2 is 2.05 bits per heavy atom. The summed E-state index contributed by atoms with van der Waals surface area (Å²) in [5.74, 6) is 0. The highest BCUT2D eigenvalue weighted by Gasteiger charge is 2.16. The van der Waals surface area contributed by atoms with Gasteiger partial charge in [0.1, 0.15) is 0 Å². The second-order valence-corrected chi connectivity index (χ2v) is 6.52. The van der Waals surface area contributed by atoms with Crippen molar-refractivity contribution in [2.45, 2.75) is 11.8 Å². The zero-order valence-electron chi connectivity index (χ0n) is 10.1. The van der Waals surface area contributed by atoms with Crippen LogP contribution < -0.4 is 10.5 Å². The summed E-state index contributed by atoms with van der Waals surface area (Å²) in [5, 5.41) is 0. The first-order valence-corrected chi connectivity index (χ1v) is 7.66. The van der Waals surface area contributed by atoms with E-state index in [1.165, 1.54) is 18.3 Å². The van der Waals surface area contributed by atoms with Gasteiger partial charge < -0.3 is 5.73 Å². The molecule has 0 radical (unpaired) electrons. The van der Waals surface area contributed by atoms with E-state index in [9.17, 15) is 8.42 Å². The Labute approximate surface area is 120 Å². The maximum atomic E-state index is 12.2. The number of hydrogen-bond acceptors (Lipinski definition) is 4. The Hall–Kier alpha value is -1.60. The maximum Gasteiger partial charge on any atom is 0.262 e. The summed E-state index contributed by atoms with van der Waals surface area (Å²) in [5.41, 5.74) is 7.30. The lowest BCUT2D eigenvalue weighted by molar-refractivity contribution is 0.601. The lowest BCUT2D eigenvalue weighted by Crippen LogP contribution is -2.14. The van der Waals surface area contributed by atoms with Gasteiger partial charge >= 0.3 is 0 Å². The molecule has 0 saturated carbocycles. The minimum atomic E-state index is -3.67. The van der Waals surface area contributed by atoms with Gasteiger partial charge in [0.05, 0.1) is 16.8 Å². The smallest absolute Gasteiger partial charge is 0.262 e. The van der Waals surface area contributed by atoms with Gasteiger partial charge in [-0.2, -0.15) is 0 Å². The third-order valence-corrected chi connectivity index (χ3v) is 4.65. The van der Waals surface area contributed by atoms with Crippen molar-refractivity contribution in [3.63, 3.8) is 0 Å². The number of rotatable bonds is 3. The first kappa shape index (κ1) is 13.8. The molecule has 1 heterocycles. The van der Waals surface area contributed by atoms with E-state index >= 15 is 0 Å². The molecule has 0 amide bonds. The number of nitrogens with one attached hydrogen (secondary N) is 1. The lowest BCUT2D eigenvalue weighted by Gasteiger charge is -2.10. The van der Waals surface area contributed by atoms with Gasteiger partial charge in [-0.3, -0.25) is 9.71 Å². The number of aryl methyl sites for hydroxylation is 1. The van der Waals surface area contributed by atoms with E-state index in [-0.39, 0.29) is 4.90 Å². The van der Waals surface area contributed by atoms with E-state index in [0.29, 0.717) is 15.8 Å². The van der Waals surface area contributed by atoms with Crippen LogP contribution in [0, 0.1) is 6.92 Å². The maximum absolute atomic E-state index is 12.2. The molecule has 0 aliphatic heterocycles. The zero-order valence-corrected chi connectivity index (χ0v) is 12.5. The summed E-state index contributed by atoms with van der Waals surface area (Å²) in [7, 11) is -3.67. The highest BCUT2D eigenvalue weighted by atomic mass is 79.9. The second kappa shape index (κ2) is 5.18. The largest absolute Gasteiger partial charge is 0.398 e. The molecule has 0 bridgehead atoms. The fraction of sp³-hybridized carbons (Fsp3) is 0.0833. The van der Waals surface area contributed by atoms with Crippen LogP contribution in [-0.4, -0.2) is 13.4 Å². The molecule has 1 aromatic carbocycles. The molecule has 2 rings (SSSR count).